The van der Waals surface area contributed by atoms with Gasteiger partial charge in [0.25, 0.3) is 0 Å². The Morgan fingerprint density at radius 2 is 2.40 bits per heavy atom. The molecule has 2 aromatic rings. The summed E-state index contributed by atoms with van der Waals surface area (Å²) in [5.41, 5.74) is 7.87. The lowest BCUT2D eigenvalue weighted by Crippen LogP contribution is -1.97. The van der Waals surface area contributed by atoms with Crippen molar-refractivity contribution in [3.63, 3.8) is 0 Å². The molecular weight excluding hydrogens is 208 g/mol. The van der Waals surface area contributed by atoms with E-state index in [4.69, 9.17) is 10.2 Å². The van der Waals surface area contributed by atoms with Crippen molar-refractivity contribution >= 4 is 11.3 Å². The van der Waals surface area contributed by atoms with Gasteiger partial charge in [-0.3, -0.25) is 0 Å². The molecule has 2 heterocycles. The molecule has 2 rings (SSSR count). The Morgan fingerprint density at radius 3 is 3.00 bits per heavy atom. The van der Waals surface area contributed by atoms with Crippen LogP contribution in [0.5, 0.6) is 0 Å². The zero-order valence-electron chi connectivity index (χ0n) is 8.69. The summed E-state index contributed by atoms with van der Waals surface area (Å²) in [7, 11) is 0. The number of thiazole rings is 1. The average molecular weight is 222 g/mol. The molecule has 0 saturated heterocycles. The van der Waals surface area contributed by atoms with Crippen LogP contribution in [-0.4, -0.2) is 4.98 Å². The molecule has 0 aliphatic heterocycles. The molecule has 3 nitrogen and oxygen atoms in total. The fourth-order valence-corrected chi connectivity index (χ4v) is 2.46. The summed E-state index contributed by atoms with van der Waals surface area (Å²) in [5.74, 6) is 0. The minimum atomic E-state index is 0.574. The highest BCUT2D eigenvalue weighted by Crippen LogP contribution is 2.28. The van der Waals surface area contributed by atoms with Crippen LogP contribution in [0.4, 0.5) is 0 Å². The van der Waals surface area contributed by atoms with Gasteiger partial charge in [-0.25, -0.2) is 4.98 Å². The largest absolute Gasteiger partial charge is 0.472 e. The number of furan rings is 1. The highest BCUT2D eigenvalue weighted by Gasteiger charge is 2.11. The van der Waals surface area contributed by atoms with Crippen LogP contribution in [-0.2, 0) is 13.0 Å². The van der Waals surface area contributed by atoms with Crippen LogP contribution in [0.1, 0.15) is 23.9 Å². The Balaban J connectivity index is 2.34. The zero-order chi connectivity index (χ0) is 10.7. The van der Waals surface area contributed by atoms with Crippen molar-refractivity contribution in [2.45, 2.75) is 26.3 Å². The highest BCUT2D eigenvalue weighted by molar-refractivity contribution is 7.15. The van der Waals surface area contributed by atoms with Gasteiger partial charge in [-0.15, -0.1) is 11.3 Å². The van der Waals surface area contributed by atoms with Gasteiger partial charge in [-0.05, 0) is 12.5 Å². The second kappa shape index (κ2) is 4.59. The molecule has 80 valence electrons. The van der Waals surface area contributed by atoms with E-state index < -0.39 is 0 Å². The molecule has 0 aliphatic carbocycles. The van der Waals surface area contributed by atoms with Gasteiger partial charge < -0.3 is 10.2 Å². The highest BCUT2D eigenvalue weighted by atomic mass is 32.1. The van der Waals surface area contributed by atoms with Crippen molar-refractivity contribution in [1.29, 1.82) is 0 Å². The van der Waals surface area contributed by atoms with Crippen LogP contribution in [0.15, 0.2) is 23.0 Å². The summed E-state index contributed by atoms with van der Waals surface area (Å²) in [5, 5.41) is 1.01. The number of nitrogens with two attached hydrogens (primary N) is 1. The molecule has 0 fully saturated rings. The fourth-order valence-electron chi connectivity index (χ4n) is 1.48. The molecule has 0 aromatic carbocycles. The van der Waals surface area contributed by atoms with E-state index in [2.05, 4.69) is 11.9 Å². The summed E-state index contributed by atoms with van der Waals surface area (Å²) in [6.45, 7) is 2.72. The predicted molar refractivity (Wildman–Crippen MR) is 61.7 cm³/mol. The lowest BCUT2D eigenvalue weighted by Gasteiger charge is -1.94. The molecule has 0 unspecified atom stereocenters. The second-order valence-corrected chi connectivity index (χ2v) is 4.44. The molecule has 0 atom stereocenters. The van der Waals surface area contributed by atoms with Gasteiger partial charge in [0.2, 0.25) is 0 Å². The van der Waals surface area contributed by atoms with Gasteiger partial charge in [0, 0.05) is 17.0 Å². The van der Waals surface area contributed by atoms with E-state index in [-0.39, 0.29) is 0 Å². The number of aromatic nitrogens is 1. The van der Waals surface area contributed by atoms with Crippen molar-refractivity contribution in [2.24, 2.45) is 5.73 Å². The number of rotatable bonds is 4. The topological polar surface area (TPSA) is 52.0 Å². The van der Waals surface area contributed by atoms with Crippen molar-refractivity contribution in [3.8, 4) is 10.6 Å². The summed E-state index contributed by atoms with van der Waals surface area (Å²) in [6, 6.07) is 1.93. The van der Waals surface area contributed by atoms with Crippen molar-refractivity contribution in [3.05, 3.63) is 29.2 Å². The fraction of sp³-hybridized carbons (Fsp3) is 0.364. The summed E-state index contributed by atoms with van der Waals surface area (Å²) >= 11 is 1.66. The number of nitrogens with zero attached hydrogens (tertiary/aromatic N) is 1. The third-order valence-corrected chi connectivity index (χ3v) is 3.39. The molecule has 2 N–H and O–H groups in total. The van der Waals surface area contributed by atoms with Gasteiger partial charge in [0.1, 0.15) is 11.3 Å². The Labute approximate surface area is 92.9 Å². The van der Waals surface area contributed by atoms with E-state index in [0.717, 1.165) is 29.1 Å². The van der Waals surface area contributed by atoms with Crippen molar-refractivity contribution < 1.29 is 4.42 Å². The average Bonchev–Trinajstić information content (AvgIpc) is 2.84. The van der Waals surface area contributed by atoms with Gasteiger partial charge in [0.05, 0.1) is 12.0 Å². The Hall–Kier alpha value is -1.13. The first kappa shape index (κ1) is 10.4. The van der Waals surface area contributed by atoms with E-state index in [1.807, 2.05) is 6.07 Å². The standard InChI is InChI=1S/C11H14N2OS/c1-2-3-9-10(6-12)15-11(13-9)8-4-5-14-7-8/h4-5,7H,2-3,6,12H2,1H3. The lowest BCUT2D eigenvalue weighted by atomic mass is 10.2. The molecule has 0 radical (unpaired) electrons. The molecule has 0 amide bonds. The van der Waals surface area contributed by atoms with Crippen LogP contribution in [0.2, 0.25) is 0 Å². The third-order valence-electron chi connectivity index (χ3n) is 2.22. The van der Waals surface area contributed by atoms with Gasteiger partial charge in [0.15, 0.2) is 0 Å². The molecule has 0 aliphatic rings. The molecule has 0 spiro atoms. The zero-order valence-corrected chi connectivity index (χ0v) is 9.51. The number of hydrogen-bond donors (Lipinski definition) is 1. The number of aryl methyl sites for hydroxylation is 1. The third kappa shape index (κ3) is 2.11. The maximum absolute atomic E-state index is 5.69. The van der Waals surface area contributed by atoms with E-state index >= 15 is 0 Å². The molecule has 2 aromatic heterocycles. The van der Waals surface area contributed by atoms with E-state index in [9.17, 15) is 0 Å². The summed E-state index contributed by atoms with van der Waals surface area (Å²) < 4.78 is 5.05. The molecule has 15 heavy (non-hydrogen) atoms. The predicted octanol–water partition coefficient (Wildman–Crippen LogP) is 2.81. The lowest BCUT2D eigenvalue weighted by molar-refractivity contribution is 0.568. The van der Waals surface area contributed by atoms with Crippen LogP contribution in [0, 0.1) is 0 Å². The Bertz CT molecular complexity index is 420. The molecule has 0 saturated carbocycles. The van der Waals surface area contributed by atoms with Crippen molar-refractivity contribution in [1.82, 2.24) is 4.98 Å². The van der Waals surface area contributed by atoms with E-state index in [1.54, 1.807) is 23.9 Å². The van der Waals surface area contributed by atoms with Gasteiger partial charge >= 0.3 is 0 Å². The Morgan fingerprint density at radius 1 is 1.53 bits per heavy atom. The maximum atomic E-state index is 5.69. The van der Waals surface area contributed by atoms with Crippen molar-refractivity contribution in [2.75, 3.05) is 0 Å². The Kier molecular flexibility index (Phi) is 3.18. The SMILES string of the molecule is CCCc1nc(-c2ccoc2)sc1CN. The molecular formula is C11H14N2OS. The normalized spacial score (nSPS) is 10.8. The smallest absolute Gasteiger partial charge is 0.127 e. The summed E-state index contributed by atoms with van der Waals surface area (Å²) in [4.78, 5) is 5.78. The monoisotopic (exact) mass is 222 g/mol. The van der Waals surface area contributed by atoms with Crippen LogP contribution >= 0.6 is 11.3 Å². The van der Waals surface area contributed by atoms with Crippen LogP contribution < -0.4 is 5.73 Å². The van der Waals surface area contributed by atoms with E-state index in [1.165, 1.54) is 4.88 Å². The minimum Gasteiger partial charge on any atom is -0.472 e. The number of hydrogen-bond acceptors (Lipinski definition) is 4. The second-order valence-electron chi connectivity index (χ2n) is 3.36. The van der Waals surface area contributed by atoms with Gasteiger partial charge in [-0.1, -0.05) is 13.3 Å². The van der Waals surface area contributed by atoms with E-state index in [0.29, 0.717) is 6.54 Å². The first-order chi connectivity index (χ1) is 7.35. The first-order valence-electron chi connectivity index (χ1n) is 5.06. The molecule has 0 bridgehead atoms. The minimum absolute atomic E-state index is 0.574. The van der Waals surface area contributed by atoms with Crippen LogP contribution in [0.25, 0.3) is 10.6 Å². The quantitative estimate of drug-likeness (QED) is 0.865. The maximum Gasteiger partial charge on any atom is 0.127 e. The summed E-state index contributed by atoms with van der Waals surface area (Å²) in [6.07, 6.45) is 5.48. The van der Waals surface area contributed by atoms with Crippen LogP contribution in [0.3, 0.4) is 0 Å². The van der Waals surface area contributed by atoms with Gasteiger partial charge in [-0.2, -0.15) is 0 Å². The first-order valence-corrected chi connectivity index (χ1v) is 5.88. The molecule has 4 heteroatoms.